The van der Waals surface area contributed by atoms with Crippen molar-refractivity contribution in [3.63, 3.8) is 0 Å². The number of amidine groups is 1. The lowest BCUT2D eigenvalue weighted by Gasteiger charge is -2.17. The second-order valence-electron chi connectivity index (χ2n) is 4.54. The molecule has 1 aliphatic heterocycles. The van der Waals surface area contributed by atoms with E-state index in [1.165, 1.54) is 0 Å². The monoisotopic (exact) mass is 284 g/mol. The van der Waals surface area contributed by atoms with Crippen LogP contribution in [0.1, 0.15) is 13.8 Å². The molecule has 0 saturated heterocycles. The summed E-state index contributed by atoms with van der Waals surface area (Å²) < 4.78 is 27.7. The lowest BCUT2D eigenvalue weighted by atomic mass is 10.3. The minimum atomic E-state index is -3.53. The van der Waals surface area contributed by atoms with Crippen molar-refractivity contribution in [1.82, 2.24) is 0 Å². The zero-order chi connectivity index (χ0) is 13.2. The van der Waals surface area contributed by atoms with Gasteiger partial charge in [0.25, 0.3) is 10.0 Å². The van der Waals surface area contributed by atoms with Gasteiger partial charge in [-0.3, -0.25) is 0 Å². The third kappa shape index (κ3) is 3.05. The molecule has 98 valence electrons. The van der Waals surface area contributed by atoms with Gasteiger partial charge in [-0.2, -0.15) is 20.2 Å². The summed E-state index contributed by atoms with van der Waals surface area (Å²) >= 11 is 1.69. The third-order valence-corrected chi connectivity index (χ3v) is 5.12. The van der Waals surface area contributed by atoms with Gasteiger partial charge in [0.15, 0.2) is 0 Å². The first kappa shape index (κ1) is 13.4. The maximum Gasteiger partial charge on any atom is 0.286 e. The minimum Gasteiger partial charge on any atom is -0.341 e. The number of fused-ring (bicyclic) bond motifs is 1. The molecule has 0 fully saturated rings. The van der Waals surface area contributed by atoms with Gasteiger partial charge in [0, 0.05) is 0 Å². The Morgan fingerprint density at radius 3 is 2.78 bits per heavy atom. The van der Waals surface area contributed by atoms with Gasteiger partial charge in [0.1, 0.15) is 10.7 Å². The molecule has 1 aliphatic rings. The number of sulfonamides is 1. The average molecular weight is 284 g/mol. The highest BCUT2D eigenvalue weighted by Gasteiger charge is 2.23. The number of rotatable bonds is 4. The molecule has 0 spiro atoms. The predicted octanol–water partition coefficient (Wildman–Crippen LogP) is 2.59. The lowest BCUT2D eigenvalue weighted by Crippen LogP contribution is -2.23. The van der Waals surface area contributed by atoms with Crippen LogP contribution in [0.5, 0.6) is 0 Å². The Balaban J connectivity index is 2.16. The van der Waals surface area contributed by atoms with Crippen molar-refractivity contribution in [3.05, 3.63) is 24.3 Å². The maximum atomic E-state index is 11.9. The van der Waals surface area contributed by atoms with Gasteiger partial charge in [-0.25, -0.2) is 0 Å². The third-order valence-electron chi connectivity index (χ3n) is 2.36. The summed E-state index contributed by atoms with van der Waals surface area (Å²) in [7, 11) is -3.53. The molecule has 0 bridgehead atoms. The number of hydrogen-bond donors (Lipinski definition) is 1. The second kappa shape index (κ2) is 5.32. The highest BCUT2D eigenvalue weighted by molar-refractivity contribution is 8.00. The molecule has 1 aromatic carbocycles. The Morgan fingerprint density at radius 1 is 1.33 bits per heavy atom. The quantitative estimate of drug-likeness (QED) is 0.923. The number of para-hydroxylation sites is 1. The van der Waals surface area contributed by atoms with Gasteiger partial charge in [-0.1, -0.05) is 26.0 Å². The highest BCUT2D eigenvalue weighted by atomic mass is 32.2. The van der Waals surface area contributed by atoms with Gasteiger partial charge in [0.2, 0.25) is 0 Å². The summed E-state index contributed by atoms with van der Waals surface area (Å²) in [6.45, 7) is 4.27. The van der Waals surface area contributed by atoms with E-state index in [2.05, 4.69) is 23.6 Å². The molecule has 6 heteroatoms. The number of hydrogen-bond acceptors (Lipinski definition) is 4. The van der Waals surface area contributed by atoms with Gasteiger partial charge < -0.3 is 5.32 Å². The highest BCUT2D eigenvalue weighted by Crippen LogP contribution is 2.27. The zero-order valence-corrected chi connectivity index (χ0v) is 12.0. The first-order chi connectivity index (χ1) is 8.49. The van der Waals surface area contributed by atoms with Crippen molar-refractivity contribution in [3.8, 4) is 0 Å². The van der Waals surface area contributed by atoms with Crippen molar-refractivity contribution < 1.29 is 8.42 Å². The molecule has 1 heterocycles. The molecule has 4 nitrogen and oxygen atoms in total. The molecule has 0 atom stereocenters. The first-order valence-corrected chi connectivity index (χ1v) is 8.36. The summed E-state index contributed by atoms with van der Waals surface area (Å²) in [6.07, 6.45) is 0. The molecule has 0 aliphatic carbocycles. The van der Waals surface area contributed by atoms with Crippen molar-refractivity contribution >= 4 is 33.3 Å². The number of benzene rings is 1. The van der Waals surface area contributed by atoms with E-state index in [1.807, 2.05) is 6.07 Å². The van der Waals surface area contributed by atoms with Crippen molar-refractivity contribution in [2.75, 3.05) is 16.8 Å². The Morgan fingerprint density at radius 2 is 2.06 bits per heavy atom. The summed E-state index contributed by atoms with van der Waals surface area (Å²) in [4.78, 5) is 0.252. The lowest BCUT2D eigenvalue weighted by molar-refractivity contribution is 0.598. The average Bonchev–Trinajstić information content (AvgIpc) is 2.27. The SMILES string of the molecule is CC(C)CSCC1=NS(=O)(=O)c2ccccc2N1. The molecule has 0 saturated carbocycles. The molecule has 2 rings (SSSR count). The molecule has 0 aromatic heterocycles. The largest absolute Gasteiger partial charge is 0.341 e. The fraction of sp³-hybridized carbons (Fsp3) is 0.417. The molecule has 0 radical (unpaired) electrons. The Kier molecular flexibility index (Phi) is 3.97. The van der Waals surface area contributed by atoms with Crippen molar-refractivity contribution in [2.24, 2.45) is 10.3 Å². The van der Waals surface area contributed by atoms with E-state index in [1.54, 1.807) is 30.0 Å². The van der Waals surface area contributed by atoms with Crippen LogP contribution in [-0.4, -0.2) is 25.8 Å². The zero-order valence-electron chi connectivity index (χ0n) is 10.4. The van der Waals surface area contributed by atoms with Crippen LogP contribution in [0.2, 0.25) is 0 Å². The predicted molar refractivity (Wildman–Crippen MR) is 76.8 cm³/mol. The summed E-state index contributed by atoms with van der Waals surface area (Å²) in [5.74, 6) is 2.68. The van der Waals surface area contributed by atoms with E-state index in [-0.39, 0.29) is 4.90 Å². The molecule has 1 N–H and O–H groups in total. The van der Waals surface area contributed by atoms with E-state index >= 15 is 0 Å². The number of nitrogens with zero attached hydrogens (tertiary/aromatic N) is 1. The molecule has 18 heavy (non-hydrogen) atoms. The summed E-state index contributed by atoms with van der Waals surface area (Å²) in [5.41, 5.74) is 0.618. The molecule has 0 amide bonds. The fourth-order valence-electron chi connectivity index (χ4n) is 1.62. The minimum absolute atomic E-state index is 0.252. The Labute approximate surface area is 112 Å². The van der Waals surface area contributed by atoms with Crippen LogP contribution in [0.15, 0.2) is 33.6 Å². The number of thioether (sulfide) groups is 1. The van der Waals surface area contributed by atoms with E-state index in [0.717, 1.165) is 5.75 Å². The van der Waals surface area contributed by atoms with Crippen molar-refractivity contribution in [1.29, 1.82) is 0 Å². The Bertz CT molecular complexity index is 565. The first-order valence-electron chi connectivity index (χ1n) is 5.76. The van der Waals surface area contributed by atoms with Crippen LogP contribution in [0, 0.1) is 5.92 Å². The van der Waals surface area contributed by atoms with Crippen LogP contribution in [-0.2, 0) is 10.0 Å². The van der Waals surface area contributed by atoms with E-state index < -0.39 is 10.0 Å². The van der Waals surface area contributed by atoms with Gasteiger partial charge in [-0.05, 0) is 23.8 Å². The molecular weight excluding hydrogens is 268 g/mol. The van der Waals surface area contributed by atoms with Crippen molar-refractivity contribution in [2.45, 2.75) is 18.7 Å². The maximum absolute atomic E-state index is 11.9. The second-order valence-corrected chi connectivity index (χ2v) is 7.15. The van der Waals surface area contributed by atoms with E-state index in [9.17, 15) is 8.42 Å². The molecule has 1 aromatic rings. The van der Waals surface area contributed by atoms with E-state index in [4.69, 9.17) is 0 Å². The van der Waals surface area contributed by atoms with E-state index in [0.29, 0.717) is 23.2 Å². The van der Waals surface area contributed by atoms with Gasteiger partial charge in [-0.15, -0.1) is 4.40 Å². The van der Waals surface area contributed by atoms with Crippen LogP contribution < -0.4 is 5.32 Å². The number of nitrogens with one attached hydrogen (secondary N) is 1. The van der Waals surface area contributed by atoms with Crippen LogP contribution in [0.3, 0.4) is 0 Å². The van der Waals surface area contributed by atoms with Gasteiger partial charge in [0.05, 0.1) is 11.4 Å². The standard InChI is InChI=1S/C12H16N2O2S2/c1-9(2)7-17-8-12-13-10-5-3-4-6-11(10)18(15,16)14-12/h3-6,9H,7-8H2,1-2H3,(H,13,14). The van der Waals surface area contributed by atoms with Crippen LogP contribution >= 0.6 is 11.8 Å². The van der Waals surface area contributed by atoms with Crippen LogP contribution in [0.4, 0.5) is 5.69 Å². The van der Waals surface area contributed by atoms with Crippen LogP contribution in [0.25, 0.3) is 0 Å². The summed E-state index contributed by atoms with van der Waals surface area (Å²) in [5, 5.41) is 3.08. The molecule has 0 unspecified atom stereocenters. The fourth-order valence-corrected chi connectivity index (χ4v) is 3.77. The normalized spacial score (nSPS) is 16.9. The number of anilines is 1. The summed E-state index contributed by atoms with van der Waals surface area (Å²) in [6, 6.07) is 6.84. The Hall–Kier alpha value is -1.01. The smallest absolute Gasteiger partial charge is 0.286 e. The molecular formula is C12H16N2O2S2. The van der Waals surface area contributed by atoms with Gasteiger partial charge >= 0.3 is 0 Å². The topological polar surface area (TPSA) is 58.5 Å².